The molecule has 2 N–H and O–H groups in total. The molecule has 154 valence electrons. The summed E-state index contributed by atoms with van der Waals surface area (Å²) in [6.07, 6.45) is 1.54. The van der Waals surface area contributed by atoms with Crippen LogP contribution in [-0.2, 0) is 14.3 Å². The number of nitrogens with one attached hydrogen (secondary N) is 2. The number of likely N-dealkylation sites (tertiary alicyclic amines) is 1. The van der Waals surface area contributed by atoms with Crippen molar-refractivity contribution >= 4 is 11.9 Å². The zero-order valence-electron chi connectivity index (χ0n) is 17.0. The normalized spacial score (nSPS) is 22.4. The van der Waals surface area contributed by atoms with Crippen LogP contribution in [0.2, 0.25) is 0 Å². The van der Waals surface area contributed by atoms with Gasteiger partial charge in [-0.25, -0.2) is 0 Å². The van der Waals surface area contributed by atoms with Crippen LogP contribution in [0.5, 0.6) is 11.5 Å². The summed E-state index contributed by atoms with van der Waals surface area (Å²) in [5.74, 6) is 1.59. The minimum absolute atomic E-state index is 0.0279. The highest BCUT2D eigenvalue weighted by Crippen LogP contribution is 2.34. The van der Waals surface area contributed by atoms with Crippen LogP contribution in [0.25, 0.3) is 0 Å². The van der Waals surface area contributed by atoms with Crippen molar-refractivity contribution in [3.05, 3.63) is 23.8 Å². The van der Waals surface area contributed by atoms with Gasteiger partial charge in [0.25, 0.3) is 5.91 Å². The van der Waals surface area contributed by atoms with Crippen LogP contribution in [0.3, 0.4) is 0 Å². The van der Waals surface area contributed by atoms with Gasteiger partial charge >= 0.3 is 5.97 Å². The van der Waals surface area contributed by atoms with Crippen LogP contribution in [0.4, 0.5) is 0 Å². The van der Waals surface area contributed by atoms with Crippen molar-refractivity contribution in [2.24, 2.45) is 11.8 Å². The third-order valence-corrected chi connectivity index (χ3v) is 5.55. The van der Waals surface area contributed by atoms with Gasteiger partial charge in [-0.15, -0.1) is 0 Å². The maximum absolute atomic E-state index is 12.7. The molecular formula is C21H31N2O5+. The average molecular weight is 391 g/mol. The van der Waals surface area contributed by atoms with E-state index in [1.165, 1.54) is 12.0 Å². The third kappa shape index (κ3) is 4.95. The molecule has 1 amide bonds. The summed E-state index contributed by atoms with van der Waals surface area (Å²) in [6.45, 7) is 7.33. The van der Waals surface area contributed by atoms with Crippen molar-refractivity contribution in [3.8, 4) is 11.5 Å². The van der Waals surface area contributed by atoms with Crippen LogP contribution >= 0.6 is 0 Å². The van der Waals surface area contributed by atoms with E-state index in [1.54, 1.807) is 0 Å². The summed E-state index contributed by atoms with van der Waals surface area (Å²) in [5.41, 5.74) is 1.02. The van der Waals surface area contributed by atoms with Crippen LogP contribution in [0, 0.1) is 11.8 Å². The molecule has 2 aliphatic heterocycles. The summed E-state index contributed by atoms with van der Waals surface area (Å²) in [6, 6.07) is 5.78. The lowest BCUT2D eigenvalue weighted by Crippen LogP contribution is -3.14. The Bertz CT molecular complexity index is 698. The first-order chi connectivity index (χ1) is 13.5. The number of methoxy groups -OCH3 is 1. The van der Waals surface area contributed by atoms with E-state index < -0.39 is 0 Å². The molecule has 0 unspecified atom stereocenters. The molecule has 1 aromatic rings. The van der Waals surface area contributed by atoms with Crippen LogP contribution in [-0.4, -0.2) is 51.8 Å². The number of carbonyl (C=O) groups excluding carboxylic acids is 2. The Morgan fingerprint density at radius 2 is 1.86 bits per heavy atom. The van der Waals surface area contributed by atoms with E-state index >= 15 is 0 Å². The Morgan fingerprint density at radius 1 is 1.18 bits per heavy atom. The van der Waals surface area contributed by atoms with E-state index in [2.05, 4.69) is 19.2 Å². The van der Waals surface area contributed by atoms with E-state index in [4.69, 9.17) is 14.2 Å². The number of hydrogen-bond donors (Lipinski definition) is 2. The van der Waals surface area contributed by atoms with Gasteiger partial charge in [-0.2, -0.15) is 0 Å². The van der Waals surface area contributed by atoms with Gasteiger partial charge in [-0.1, -0.05) is 19.9 Å². The first-order valence-electron chi connectivity index (χ1n) is 10.1. The van der Waals surface area contributed by atoms with Crippen molar-refractivity contribution in [3.63, 3.8) is 0 Å². The lowest BCUT2D eigenvalue weighted by molar-refractivity contribution is -0.897. The predicted octanol–water partition coefficient (Wildman–Crippen LogP) is 0.739. The zero-order chi connectivity index (χ0) is 20.1. The fourth-order valence-corrected chi connectivity index (χ4v) is 3.95. The van der Waals surface area contributed by atoms with Gasteiger partial charge in [0.05, 0.1) is 32.2 Å². The molecule has 0 saturated carbocycles. The molecule has 2 heterocycles. The number of esters is 1. The number of rotatable bonds is 6. The Morgan fingerprint density at radius 3 is 2.50 bits per heavy atom. The fourth-order valence-electron chi connectivity index (χ4n) is 3.95. The topological polar surface area (TPSA) is 78.3 Å². The molecule has 0 aromatic heterocycles. The average Bonchev–Trinajstić information content (AvgIpc) is 2.71. The zero-order valence-corrected chi connectivity index (χ0v) is 17.0. The first kappa shape index (κ1) is 20.5. The number of piperidine rings is 1. The molecule has 0 aliphatic carbocycles. The van der Waals surface area contributed by atoms with Gasteiger partial charge in [0, 0.05) is 12.8 Å². The molecule has 1 saturated heterocycles. The first-order valence-corrected chi connectivity index (χ1v) is 10.1. The largest absolute Gasteiger partial charge is 0.486 e. The van der Waals surface area contributed by atoms with Crippen molar-refractivity contribution in [1.82, 2.24) is 5.32 Å². The fraction of sp³-hybridized carbons (Fsp3) is 0.619. The lowest BCUT2D eigenvalue weighted by atomic mass is 9.95. The number of ether oxygens (including phenoxy) is 3. The Balaban J connectivity index is 1.57. The summed E-state index contributed by atoms with van der Waals surface area (Å²) in [4.78, 5) is 25.5. The van der Waals surface area contributed by atoms with Crippen LogP contribution < -0.4 is 19.7 Å². The van der Waals surface area contributed by atoms with Crippen molar-refractivity contribution in [1.29, 1.82) is 0 Å². The summed E-state index contributed by atoms with van der Waals surface area (Å²) in [7, 11) is 1.43. The standard InChI is InChI=1S/C21H30N2O5/c1-14(2)20(16-4-5-17-18(12-16)28-11-10-27-17)22-19(24)13-23-8-6-15(7-9-23)21(25)26-3/h4-5,12,14-15,20H,6-11,13H2,1-3H3,(H,22,24)/p+1/t20-/m0/s1. The molecule has 3 rings (SSSR count). The number of amides is 1. The molecular weight excluding hydrogens is 360 g/mol. The van der Waals surface area contributed by atoms with E-state index in [0.29, 0.717) is 19.8 Å². The summed E-state index contributed by atoms with van der Waals surface area (Å²) in [5, 5.41) is 3.18. The Hall–Kier alpha value is -2.28. The van der Waals surface area contributed by atoms with Gasteiger partial charge in [0.1, 0.15) is 13.2 Å². The second-order valence-corrected chi connectivity index (χ2v) is 7.92. The molecule has 7 nitrogen and oxygen atoms in total. The molecule has 1 aromatic carbocycles. The van der Waals surface area contributed by atoms with Gasteiger partial charge in [-0.05, 0) is 23.6 Å². The molecule has 28 heavy (non-hydrogen) atoms. The molecule has 0 radical (unpaired) electrons. The van der Waals surface area contributed by atoms with Crippen LogP contribution in [0.1, 0.15) is 38.3 Å². The molecule has 1 atom stereocenters. The molecule has 0 bridgehead atoms. The predicted molar refractivity (Wildman–Crippen MR) is 103 cm³/mol. The Labute approximate surface area is 166 Å². The molecule has 1 fully saturated rings. The minimum Gasteiger partial charge on any atom is -0.486 e. The second-order valence-electron chi connectivity index (χ2n) is 7.92. The molecule has 7 heteroatoms. The highest BCUT2D eigenvalue weighted by Gasteiger charge is 2.30. The van der Waals surface area contributed by atoms with Crippen molar-refractivity contribution in [2.75, 3.05) is 40.0 Å². The van der Waals surface area contributed by atoms with E-state index in [-0.39, 0.29) is 29.8 Å². The smallest absolute Gasteiger partial charge is 0.309 e. The molecule has 0 spiro atoms. The number of benzene rings is 1. The quantitative estimate of drug-likeness (QED) is 0.700. The highest BCUT2D eigenvalue weighted by molar-refractivity contribution is 5.77. The van der Waals surface area contributed by atoms with Gasteiger partial charge < -0.3 is 24.4 Å². The van der Waals surface area contributed by atoms with Gasteiger partial charge in [-0.3, -0.25) is 9.59 Å². The van der Waals surface area contributed by atoms with Crippen molar-refractivity contribution in [2.45, 2.75) is 32.7 Å². The SMILES string of the molecule is COC(=O)C1CC[NH+](CC(=O)N[C@H](c2ccc3c(c2)OCCO3)C(C)C)CC1. The third-order valence-electron chi connectivity index (χ3n) is 5.55. The van der Waals surface area contributed by atoms with Gasteiger partial charge in [0.15, 0.2) is 18.0 Å². The van der Waals surface area contributed by atoms with E-state index in [9.17, 15) is 9.59 Å². The van der Waals surface area contributed by atoms with Gasteiger partial charge in [0.2, 0.25) is 0 Å². The maximum Gasteiger partial charge on any atom is 0.309 e. The maximum atomic E-state index is 12.7. The van der Waals surface area contributed by atoms with Crippen LogP contribution in [0.15, 0.2) is 18.2 Å². The number of hydrogen-bond acceptors (Lipinski definition) is 5. The summed E-state index contributed by atoms with van der Waals surface area (Å²) < 4.78 is 16.1. The van der Waals surface area contributed by atoms with Crippen molar-refractivity contribution < 1.29 is 28.7 Å². The minimum atomic E-state index is -0.137. The van der Waals surface area contributed by atoms with E-state index in [0.717, 1.165) is 43.0 Å². The van der Waals surface area contributed by atoms with E-state index in [1.807, 2.05) is 18.2 Å². The molecule has 2 aliphatic rings. The monoisotopic (exact) mass is 391 g/mol. The number of fused-ring (bicyclic) bond motifs is 1. The number of quaternary nitrogens is 1. The Kier molecular flexibility index (Phi) is 6.78. The highest BCUT2D eigenvalue weighted by atomic mass is 16.6. The number of carbonyl (C=O) groups is 2. The summed E-state index contributed by atoms with van der Waals surface area (Å²) >= 11 is 0. The second kappa shape index (κ2) is 9.28. The lowest BCUT2D eigenvalue weighted by Gasteiger charge is -2.29.